The van der Waals surface area contributed by atoms with Crippen LogP contribution in [0, 0.1) is 16.0 Å². The number of rotatable bonds is 3. The van der Waals surface area contributed by atoms with Crippen LogP contribution in [-0.4, -0.2) is 22.4 Å². The minimum atomic E-state index is -0.446. The van der Waals surface area contributed by atoms with Gasteiger partial charge < -0.3 is 10.2 Å². The number of nitrogens with zero attached hydrogens (tertiary/aromatic N) is 2. The van der Waals surface area contributed by atoms with Crippen LogP contribution < -0.4 is 5.32 Å². The fourth-order valence-electron chi connectivity index (χ4n) is 4.48. The summed E-state index contributed by atoms with van der Waals surface area (Å²) in [5.41, 5.74) is 1.57. The van der Waals surface area contributed by atoms with E-state index in [-0.39, 0.29) is 17.3 Å². The number of carbonyl (C=O) groups excluding carboxylic acids is 1. The molecule has 2 amide bonds. The number of amides is 2. The molecular formula is C20H21N3O3. The van der Waals surface area contributed by atoms with E-state index in [1.165, 1.54) is 24.1 Å². The van der Waals surface area contributed by atoms with Crippen molar-refractivity contribution in [3.05, 3.63) is 70.3 Å². The third-order valence-electron chi connectivity index (χ3n) is 5.77. The average Bonchev–Trinajstić information content (AvgIpc) is 2.64. The molecule has 1 N–H and O–H groups in total. The summed E-state index contributed by atoms with van der Waals surface area (Å²) in [6.45, 7) is 0.758. The molecule has 134 valence electrons. The molecule has 0 spiro atoms. The molecule has 0 radical (unpaired) electrons. The summed E-state index contributed by atoms with van der Waals surface area (Å²) in [4.78, 5) is 25.2. The first kappa shape index (κ1) is 16.6. The standard InChI is InChI=1S/C20H21N3O3/c24-19(21-17-9-11-18(12-10-17)23(25)26)22-14-16-8-4-5-13-20(16,22)15-6-2-1-3-7-15/h1-3,6-7,9-12,16H,4-5,8,13-14H2,(H,21,24). The van der Waals surface area contributed by atoms with Gasteiger partial charge >= 0.3 is 6.03 Å². The van der Waals surface area contributed by atoms with Gasteiger partial charge in [0.2, 0.25) is 0 Å². The van der Waals surface area contributed by atoms with Crippen molar-refractivity contribution < 1.29 is 9.72 Å². The topological polar surface area (TPSA) is 75.5 Å². The number of nitro benzene ring substituents is 1. The number of nitro groups is 1. The normalized spacial score (nSPS) is 24.3. The number of nitrogens with one attached hydrogen (secondary N) is 1. The molecule has 2 atom stereocenters. The second-order valence-corrected chi connectivity index (χ2v) is 7.08. The van der Waals surface area contributed by atoms with Crippen molar-refractivity contribution in [3.8, 4) is 0 Å². The van der Waals surface area contributed by atoms with Gasteiger partial charge in [0, 0.05) is 30.3 Å². The molecule has 26 heavy (non-hydrogen) atoms. The zero-order chi connectivity index (χ0) is 18.1. The van der Waals surface area contributed by atoms with E-state index in [4.69, 9.17) is 0 Å². The van der Waals surface area contributed by atoms with Crippen molar-refractivity contribution in [3.63, 3.8) is 0 Å². The molecule has 2 aromatic rings. The van der Waals surface area contributed by atoms with Gasteiger partial charge in [-0.15, -0.1) is 0 Å². The molecule has 4 rings (SSSR count). The van der Waals surface area contributed by atoms with Gasteiger partial charge in [0.15, 0.2) is 0 Å². The third kappa shape index (κ3) is 2.62. The van der Waals surface area contributed by atoms with Crippen molar-refractivity contribution in [1.82, 2.24) is 4.90 Å². The summed E-state index contributed by atoms with van der Waals surface area (Å²) in [6.07, 6.45) is 4.47. The fraction of sp³-hybridized carbons (Fsp3) is 0.350. The molecule has 0 aromatic heterocycles. The maximum absolute atomic E-state index is 12.9. The lowest BCUT2D eigenvalue weighted by Gasteiger charge is -2.61. The predicted octanol–water partition coefficient (Wildman–Crippen LogP) is 4.53. The molecule has 6 heteroatoms. The minimum Gasteiger partial charge on any atom is -0.314 e. The number of benzene rings is 2. The van der Waals surface area contributed by atoms with E-state index in [2.05, 4.69) is 17.4 Å². The van der Waals surface area contributed by atoms with Gasteiger partial charge in [-0.3, -0.25) is 10.1 Å². The van der Waals surface area contributed by atoms with Crippen LogP contribution in [-0.2, 0) is 5.54 Å². The van der Waals surface area contributed by atoms with Crippen LogP contribution in [0.2, 0.25) is 0 Å². The molecule has 1 saturated heterocycles. The van der Waals surface area contributed by atoms with Crippen LogP contribution >= 0.6 is 0 Å². The lowest BCUT2D eigenvalue weighted by molar-refractivity contribution is -0.384. The number of likely N-dealkylation sites (tertiary alicyclic amines) is 1. The highest BCUT2D eigenvalue weighted by Gasteiger charge is 2.57. The van der Waals surface area contributed by atoms with Crippen molar-refractivity contribution in [1.29, 1.82) is 0 Å². The summed E-state index contributed by atoms with van der Waals surface area (Å²) in [7, 11) is 0. The zero-order valence-electron chi connectivity index (χ0n) is 14.4. The Labute approximate surface area is 152 Å². The number of fused-ring (bicyclic) bond motifs is 1. The molecule has 0 bridgehead atoms. The molecule has 1 saturated carbocycles. The quantitative estimate of drug-likeness (QED) is 0.652. The Morgan fingerprint density at radius 3 is 2.50 bits per heavy atom. The van der Waals surface area contributed by atoms with Crippen LogP contribution in [0.15, 0.2) is 54.6 Å². The summed E-state index contributed by atoms with van der Waals surface area (Å²) in [5.74, 6) is 0.501. The van der Waals surface area contributed by atoms with Crippen LogP contribution in [0.5, 0.6) is 0 Å². The average molecular weight is 351 g/mol. The first-order valence-corrected chi connectivity index (χ1v) is 9.00. The lowest BCUT2D eigenvalue weighted by atomic mass is 9.62. The van der Waals surface area contributed by atoms with E-state index in [0.29, 0.717) is 11.6 Å². The Morgan fingerprint density at radius 1 is 1.12 bits per heavy atom. The van der Waals surface area contributed by atoms with Gasteiger partial charge in [0.05, 0.1) is 10.5 Å². The summed E-state index contributed by atoms with van der Waals surface area (Å²) >= 11 is 0. The summed E-state index contributed by atoms with van der Waals surface area (Å²) < 4.78 is 0. The van der Waals surface area contributed by atoms with E-state index < -0.39 is 4.92 Å². The fourth-order valence-corrected chi connectivity index (χ4v) is 4.48. The van der Waals surface area contributed by atoms with Crippen LogP contribution in [0.3, 0.4) is 0 Å². The Kier molecular flexibility index (Phi) is 4.11. The molecule has 6 nitrogen and oxygen atoms in total. The number of carbonyl (C=O) groups is 1. The third-order valence-corrected chi connectivity index (χ3v) is 5.77. The molecule has 2 aromatic carbocycles. The SMILES string of the molecule is O=C(Nc1ccc([N+](=O)[O-])cc1)N1CC2CCCCC21c1ccccc1. The van der Waals surface area contributed by atoms with Crippen molar-refractivity contribution >= 4 is 17.4 Å². The van der Waals surface area contributed by atoms with Gasteiger partial charge in [-0.05, 0) is 30.5 Å². The number of hydrogen-bond acceptors (Lipinski definition) is 3. The van der Waals surface area contributed by atoms with Crippen molar-refractivity contribution in [2.75, 3.05) is 11.9 Å². The first-order valence-electron chi connectivity index (χ1n) is 9.00. The molecule has 2 unspecified atom stereocenters. The first-order chi connectivity index (χ1) is 12.6. The summed E-state index contributed by atoms with van der Waals surface area (Å²) in [5, 5.41) is 13.7. The second kappa shape index (κ2) is 6.44. The molecule has 1 heterocycles. The zero-order valence-corrected chi connectivity index (χ0v) is 14.4. The van der Waals surface area contributed by atoms with Gasteiger partial charge in [-0.1, -0.05) is 43.2 Å². The van der Waals surface area contributed by atoms with E-state index in [1.54, 1.807) is 12.1 Å². The van der Waals surface area contributed by atoms with Gasteiger partial charge in [-0.2, -0.15) is 0 Å². The summed E-state index contributed by atoms with van der Waals surface area (Å²) in [6, 6.07) is 16.1. The highest BCUT2D eigenvalue weighted by molar-refractivity contribution is 5.91. The lowest BCUT2D eigenvalue weighted by Crippen LogP contribution is -2.68. The van der Waals surface area contributed by atoms with Crippen LogP contribution in [0.4, 0.5) is 16.2 Å². The Balaban J connectivity index is 1.56. The van der Waals surface area contributed by atoms with Gasteiger partial charge in [-0.25, -0.2) is 4.79 Å². The molecular weight excluding hydrogens is 330 g/mol. The predicted molar refractivity (Wildman–Crippen MR) is 98.9 cm³/mol. The molecule has 2 fully saturated rings. The van der Waals surface area contributed by atoms with E-state index in [0.717, 1.165) is 25.8 Å². The van der Waals surface area contributed by atoms with Crippen molar-refractivity contribution in [2.45, 2.75) is 31.2 Å². The van der Waals surface area contributed by atoms with Crippen LogP contribution in [0.1, 0.15) is 31.2 Å². The van der Waals surface area contributed by atoms with Gasteiger partial charge in [0.1, 0.15) is 0 Å². The number of non-ortho nitro benzene ring substituents is 1. The van der Waals surface area contributed by atoms with Crippen molar-refractivity contribution in [2.24, 2.45) is 5.92 Å². The smallest absolute Gasteiger partial charge is 0.314 e. The maximum Gasteiger partial charge on any atom is 0.322 e. The number of anilines is 1. The molecule has 1 aliphatic heterocycles. The van der Waals surface area contributed by atoms with E-state index in [1.807, 2.05) is 23.1 Å². The maximum atomic E-state index is 12.9. The largest absolute Gasteiger partial charge is 0.322 e. The Hall–Kier alpha value is -2.89. The highest BCUT2D eigenvalue weighted by Crippen LogP contribution is 2.53. The number of urea groups is 1. The van der Waals surface area contributed by atoms with Crippen LogP contribution in [0.25, 0.3) is 0 Å². The van der Waals surface area contributed by atoms with Gasteiger partial charge in [0.25, 0.3) is 5.69 Å². The molecule has 2 aliphatic rings. The Morgan fingerprint density at radius 2 is 1.85 bits per heavy atom. The van der Waals surface area contributed by atoms with E-state index >= 15 is 0 Å². The van der Waals surface area contributed by atoms with E-state index in [9.17, 15) is 14.9 Å². The minimum absolute atomic E-state index is 0.0139. The number of hydrogen-bond donors (Lipinski definition) is 1. The Bertz CT molecular complexity index is 822. The highest BCUT2D eigenvalue weighted by atomic mass is 16.6. The monoisotopic (exact) mass is 351 g/mol. The molecule has 1 aliphatic carbocycles. The second-order valence-electron chi connectivity index (χ2n) is 7.08.